The van der Waals surface area contributed by atoms with Gasteiger partial charge in [-0.15, -0.1) is 0 Å². The van der Waals surface area contributed by atoms with E-state index in [4.69, 9.17) is 0 Å². The molecule has 1 aliphatic heterocycles. The van der Waals surface area contributed by atoms with Crippen molar-refractivity contribution in [3.8, 4) is 11.8 Å². The molecule has 3 atom stereocenters. The highest BCUT2D eigenvalue weighted by molar-refractivity contribution is 5.67. The third-order valence-corrected chi connectivity index (χ3v) is 5.83. The number of alkyl halides is 3. The van der Waals surface area contributed by atoms with E-state index in [9.17, 15) is 23.1 Å². The second-order valence-corrected chi connectivity index (χ2v) is 9.92. The zero-order valence-corrected chi connectivity index (χ0v) is 19.6. The smallest absolute Gasteiger partial charge is 0.389 e. The summed E-state index contributed by atoms with van der Waals surface area (Å²) < 4.78 is 39.2. The number of aliphatic carboxylic acids is 1. The fraction of sp³-hybridized carbons (Fsp3) is 0.654. The number of likely N-dealkylation sites (tertiary alicyclic amines) is 1. The Bertz CT molecular complexity index is 800. The Morgan fingerprint density at radius 2 is 1.88 bits per heavy atom. The molecule has 1 N–H and O–H groups in total. The second kappa shape index (κ2) is 11.2. The van der Waals surface area contributed by atoms with Crippen molar-refractivity contribution in [2.24, 2.45) is 11.3 Å². The molecule has 1 aliphatic rings. The van der Waals surface area contributed by atoms with Crippen LogP contribution in [0.25, 0.3) is 0 Å². The number of halogens is 3. The number of hydrogen-bond donors (Lipinski definition) is 1. The Labute approximate surface area is 190 Å². The summed E-state index contributed by atoms with van der Waals surface area (Å²) in [7, 11) is 0. The van der Waals surface area contributed by atoms with Crippen LogP contribution in [-0.2, 0) is 11.2 Å². The Kier molecular flexibility index (Phi) is 9.21. The van der Waals surface area contributed by atoms with Crippen molar-refractivity contribution in [1.82, 2.24) is 4.90 Å². The molecule has 3 nitrogen and oxygen atoms in total. The minimum Gasteiger partial charge on any atom is -0.481 e. The summed E-state index contributed by atoms with van der Waals surface area (Å²) in [6.45, 7) is 8.50. The van der Waals surface area contributed by atoms with Gasteiger partial charge in [0.1, 0.15) is 0 Å². The number of rotatable bonds is 8. The highest BCUT2D eigenvalue weighted by atomic mass is 19.4. The van der Waals surface area contributed by atoms with E-state index in [1.165, 1.54) is 5.56 Å². The van der Waals surface area contributed by atoms with E-state index in [1.54, 1.807) is 0 Å². The molecule has 0 aliphatic carbocycles. The van der Waals surface area contributed by atoms with Gasteiger partial charge in [-0.1, -0.05) is 49.5 Å². The number of nitrogens with zero attached hydrogens (tertiary/aromatic N) is 1. The quantitative estimate of drug-likeness (QED) is 0.451. The number of carboxylic acids is 1. The largest absolute Gasteiger partial charge is 0.481 e. The van der Waals surface area contributed by atoms with Crippen LogP contribution in [0, 0.1) is 23.2 Å². The van der Waals surface area contributed by atoms with Crippen molar-refractivity contribution in [3.05, 3.63) is 35.4 Å². The maximum absolute atomic E-state index is 13.1. The first kappa shape index (κ1) is 26.3. The van der Waals surface area contributed by atoms with Gasteiger partial charge in [0.25, 0.3) is 0 Å². The fourth-order valence-electron chi connectivity index (χ4n) is 4.31. The maximum atomic E-state index is 13.1. The highest BCUT2D eigenvalue weighted by Crippen LogP contribution is 2.38. The number of benzene rings is 1. The second-order valence-electron chi connectivity index (χ2n) is 9.92. The Hall–Kier alpha value is -2.00. The first-order valence-electron chi connectivity index (χ1n) is 11.5. The molecule has 0 spiro atoms. The molecule has 1 fully saturated rings. The molecule has 6 heteroatoms. The van der Waals surface area contributed by atoms with Crippen molar-refractivity contribution in [3.63, 3.8) is 0 Å². The molecular weight excluding hydrogens is 415 g/mol. The molecule has 1 saturated heterocycles. The molecule has 0 radical (unpaired) electrons. The van der Waals surface area contributed by atoms with Crippen molar-refractivity contribution >= 4 is 5.97 Å². The van der Waals surface area contributed by atoms with Gasteiger partial charge in [-0.3, -0.25) is 9.69 Å². The van der Waals surface area contributed by atoms with Crippen LogP contribution < -0.4 is 0 Å². The van der Waals surface area contributed by atoms with Gasteiger partial charge in [-0.05, 0) is 63.5 Å². The summed E-state index contributed by atoms with van der Waals surface area (Å²) in [5, 5.41) is 9.28. The number of carbonyl (C=O) groups is 1. The molecule has 0 saturated carbocycles. The van der Waals surface area contributed by atoms with Gasteiger partial charge in [0.15, 0.2) is 0 Å². The van der Waals surface area contributed by atoms with E-state index in [2.05, 4.69) is 35.8 Å². The standard InChI is InChI=1S/C26H36F3NO2/c1-5-6-19-7-9-21(10-8-19)23-17-20(18-24(31)32)13-16-30(23)22(11-14-25(2,3)4)12-15-26(27,28)29/h7-10,20,22-23H,5-6,12-13,15-18H2,1-4H3,(H,31,32). The minimum atomic E-state index is -4.24. The molecule has 3 unspecified atom stereocenters. The summed E-state index contributed by atoms with van der Waals surface area (Å²) in [5.41, 5.74) is 1.94. The normalized spacial score (nSPS) is 21.0. The highest BCUT2D eigenvalue weighted by Gasteiger charge is 2.36. The van der Waals surface area contributed by atoms with Gasteiger partial charge >= 0.3 is 12.1 Å². The monoisotopic (exact) mass is 451 g/mol. The zero-order valence-electron chi connectivity index (χ0n) is 19.6. The molecule has 178 valence electrons. The fourth-order valence-corrected chi connectivity index (χ4v) is 4.31. The molecule has 2 rings (SSSR count). The molecule has 1 aromatic rings. The van der Waals surface area contributed by atoms with Gasteiger partial charge in [0.05, 0.1) is 6.04 Å². The molecule has 0 aromatic heterocycles. The Morgan fingerprint density at radius 1 is 1.22 bits per heavy atom. The van der Waals surface area contributed by atoms with Crippen LogP contribution in [-0.4, -0.2) is 34.7 Å². The number of hydrogen-bond acceptors (Lipinski definition) is 2. The Balaban J connectivity index is 2.37. The van der Waals surface area contributed by atoms with Crippen LogP contribution in [0.4, 0.5) is 13.2 Å². The maximum Gasteiger partial charge on any atom is 0.389 e. The number of piperidine rings is 1. The van der Waals surface area contributed by atoms with E-state index in [-0.39, 0.29) is 30.2 Å². The van der Waals surface area contributed by atoms with E-state index in [1.807, 2.05) is 32.9 Å². The molecule has 0 bridgehead atoms. The van der Waals surface area contributed by atoms with Crippen molar-refractivity contribution < 1.29 is 23.1 Å². The molecule has 32 heavy (non-hydrogen) atoms. The van der Waals surface area contributed by atoms with Crippen LogP contribution in [0.5, 0.6) is 0 Å². The summed E-state index contributed by atoms with van der Waals surface area (Å²) >= 11 is 0. The lowest BCUT2D eigenvalue weighted by Gasteiger charge is -2.42. The summed E-state index contributed by atoms with van der Waals surface area (Å²) in [6.07, 6.45) is -1.84. The van der Waals surface area contributed by atoms with Gasteiger partial charge < -0.3 is 5.11 Å². The zero-order chi connectivity index (χ0) is 23.9. The summed E-state index contributed by atoms with van der Waals surface area (Å²) in [4.78, 5) is 13.4. The third kappa shape index (κ3) is 8.86. The summed E-state index contributed by atoms with van der Waals surface area (Å²) in [5.74, 6) is 5.46. The lowest BCUT2D eigenvalue weighted by Crippen LogP contribution is -2.44. The van der Waals surface area contributed by atoms with Crippen LogP contribution in [0.1, 0.15) is 83.4 Å². The van der Waals surface area contributed by atoms with Crippen molar-refractivity contribution in [2.75, 3.05) is 6.54 Å². The van der Waals surface area contributed by atoms with Gasteiger partial charge in [-0.25, -0.2) is 0 Å². The first-order valence-corrected chi connectivity index (χ1v) is 11.5. The lowest BCUT2D eigenvalue weighted by atomic mass is 9.83. The summed E-state index contributed by atoms with van der Waals surface area (Å²) in [6, 6.07) is 7.57. The predicted octanol–water partition coefficient (Wildman–Crippen LogP) is 6.63. The Morgan fingerprint density at radius 3 is 2.41 bits per heavy atom. The lowest BCUT2D eigenvalue weighted by molar-refractivity contribution is -0.140. The van der Waals surface area contributed by atoms with E-state index in [0.29, 0.717) is 19.4 Å². The van der Waals surface area contributed by atoms with E-state index in [0.717, 1.165) is 18.4 Å². The molecule has 1 aromatic carbocycles. The van der Waals surface area contributed by atoms with Crippen LogP contribution in [0.3, 0.4) is 0 Å². The van der Waals surface area contributed by atoms with Crippen LogP contribution >= 0.6 is 0 Å². The topological polar surface area (TPSA) is 40.5 Å². The predicted molar refractivity (Wildman–Crippen MR) is 121 cm³/mol. The third-order valence-electron chi connectivity index (χ3n) is 5.83. The van der Waals surface area contributed by atoms with Gasteiger partial charge in [0.2, 0.25) is 0 Å². The van der Waals surface area contributed by atoms with E-state index < -0.39 is 24.6 Å². The molecular formula is C26H36F3NO2. The van der Waals surface area contributed by atoms with Gasteiger partial charge in [-0.2, -0.15) is 13.2 Å². The van der Waals surface area contributed by atoms with E-state index >= 15 is 0 Å². The van der Waals surface area contributed by atoms with Crippen molar-refractivity contribution in [2.45, 2.75) is 90.9 Å². The molecule has 0 amide bonds. The number of carboxylic acid groups (broad SMARTS) is 1. The SMILES string of the molecule is CCCc1ccc(C2CC(CC(=O)O)CCN2C(C#CC(C)(C)C)CCC(F)(F)F)cc1. The number of aryl methyl sites for hydroxylation is 1. The van der Waals surface area contributed by atoms with Crippen molar-refractivity contribution in [1.29, 1.82) is 0 Å². The minimum absolute atomic E-state index is 0.00269. The van der Waals surface area contributed by atoms with Crippen LogP contribution in [0.15, 0.2) is 24.3 Å². The molecule has 1 heterocycles. The average molecular weight is 452 g/mol. The first-order chi connectivity index (χ1) is 14.9. The van der Waals surface area contributed by atoms with Gasteiger partial charge in [0, 0.05) is 30.8 Å². The average Bonchev–Trinajstić information content (AvgIpc) is 2.67. The van der Waals surface area contributed by atoms with Crippen LogP contribution in [0.2, 0.25) is 0 Å².